The van der Waals surface area contributed by atoms with Gasteiger partial charge in [-0.3, -0.25) is 4.79 Å². The van der Waals surface area contributed by atoms with Crippen molar-refractivity contribution in [3.8, 4) is 0 Å². The number of anilines is 1. The number of amides is 1. The second-order valence-electron chi connectivity index (χ2n) is 4.81. The molecule has 20 heavy (non-hydrogen) atoms. The lowest BCUT2D eigenvalue weighted by Crippen LogP contribution is -2.37. The van der Waals surface area contributed by atoms with Crippen LogP contribution in [0.1, 0.15) is 23.0 Å². The quantitative estimate of drug-likeness (QED) is 0.924. The van der Waals surface area contributed by atoms with Crippen LogP contribution < -0.4 is 4.90 Å². The molecule has 1 unspecified atom stereocenters. The Bertz CT molecular complexity index is 627. The Morgan fingerprint density at radius 1 is 1.45 bits per heavy atom. The Balaban J connectivity index is 1.88. The van der Waals surface area contributed by atoms with Crippen molar-refractivity contribution < 1.29 is 14.3 Å². The largest absolute Gasteiger partial charge is 0.388 e. The van der Waals surface area contributed by atoms with Gasteiger partial charge in [0.15, 0.2) is 0 Å². The van der Waals surface area contributed by atoms with Crippen LogP contribution in [0.3, 0.4) is 0 Å². The lowest BCUT2D eigenvalue weighted by Gasteiger charge is -2.32. The Hall–Kier alpha value is -1.72. The normalized spacial score (nSPS) is 17.9. The zero-order valence-electron chi connectivity index (χ0n) is 10.8. The third-order valence-corrected chi connectivity index (χ3v) is 4.35. The summed E-state index contributed by atoms with van der Waals surface area (Å²) in [5.74, 6) is -0.414. The van der Waals surface area contributed by atoms with Crippen LogP contribution in [0.4, 0.5) is 10.1 Å². The zero-order chi connectivity index (χ0) is 14.1. The number of aliphatic hydroxyl groups excluding tert-OH is 1. The highest BCUT2D eigenvalue weighted by Gasteiger charge is 2.27. The van der Waals surface area contributed by atoms with Crippen molar-refractivity contribution >= 4 is 22.9 Å². The molecule has 1 aromatic heterocycles. The van der Waals surface area contributed by atoms with Gasteiger partial charge in [-0.25, -0.2) is 4.39 Å². The maximum absolute atomic E-state index is 13.3. The molecule has 0 fully saturated rings. The number of hydrogen-bond donors (Lipinski definition) is 1. The molecule has 1 aliphatic rings. The van der Waals surface area contributed by atoms with E-state index in [-0.39, 0.29) is 5.91 Å². The van der Waals surface area contributed by atoms with Crippen LogP contribution in [0.2, 0.25) is 0 Å². The summed E-state index contributed by atoms with van der Waals surface area (Å²) in [6, 6.07) is 8.04. The molecule has 0 radical (unpaired) electrons. The van der Waals surface area contributed by atoms with Crippen molar-refractivity contribution in [1.82, 2.24) is 0 Å². The molecule has 1 aliphatic heterocycles. The number of hydrogen-bond acceptors (Lipinski definition) is 3. The third-order valence-electron chi connectivity index (χ3n) is 3.47. The van der Waals surface area contributed by atoms with Gasteiger partial charge in [0.2, 0.25) is 5.91 Å². The van der Waals surface area contributed by atoms with Crippen LogP contribution in [0.5, 0.6) is 0 Å². The number of rotatable bonds is 2. The van der Waals surface area contributed by atoms with Gasteiger partial charge in [-0.05, 0) is 36.1 Å². The number of carbonyl (C=O) groups is 1. The fourth-order valence-corrected chi connectivity index (χ4v) is 3.18. The van der Waals surface area contributed by atoms with E-state index in [0.29, 0.717) is 30.6 Å². The first-order valence-electron chi connectivity index (χ1n) is 6.45. The van der Waals surface area contributed by atoms with Crippen molar-refractivity contribution in [2.75, 3.05) is 11.4 Å². The van der Waals surface area contributed by atoms with Crippen LogP contribution in [0.15, 0.2) is 35.7 Å². The first-order valence-corrected chi connectivity index (χ1v) is 7.33. The van der Waals surface area contributed by atoms with E-state index in [1.54, 1.807) is 22.3 Å². The molecular formula is C15H14FNO2S. The number of halogens is 1. The third kappa shape index (κ3) is 2.46. The summed E-state index contributed by atoms with van der Waals surface area (Å²) in [4.78, 5) is 15.0. The second kappa shape index (κ2) is 5.34. The van der Waals surface area contributed by atoms with Crippen molar-refractivity contribution in [2.45, 2.75) is 18.9 Å². The second-order valence-corrected chi connectivity index (χ2v) is 5.84. The number of thiophene rings is 1. The van der Waals surface area contributed by atoms with E-state index in [4.69, 9.17) is 0 Å². The lowest BCUT2D eigenvalue weighted by atomic mass is 9.98. The lowest BCUT2D eigenvalue weighted by molar-refractivity contribution is -0.118. The van der Waals surface area contributed by atoms with Crippen LogP contribution >= 0.6 is 11.3 Å². The maximum Gasteiger partial charge on any atom is 0.232 e. The fourth-order valence-electron chi connectivity index (χ4n) is 2.48. The molecule has 2 heterocycles. The highest BCUT2D eigenvalue weighted by Crippen LogP contribution is 2.34. The summed E-state index contributed by atoms with van der Waals surface area (Å²) >= 11 is 1.54. The van der Waals surface area contributed by atoms with Crippen molar-refractivity contribution in [3.63, 3.8) is 0 Å². The van der Waals surface area contributed by atoms with E-state index in [1.165, 1.54) is 12.1 Å². The molecule has 5 heteroatoms. The monoisotopic (exact) mass is 291 g/mol. The van der Waals surface area contributed by atoms with Gasteiger partial charge in [0.05, 0.1) is 12.5 Å². The topological polar surface area (TPSA) is 40.5 Å². The van der Waals surface area contributed by atoms with E-state index >= 15 is 0 Å². The van der Waals surface area contributed by atoms with Crippen molar-refractivity contribution in [1.29, 1.82) is 0 Å². The molecule has 1 N–H and O–H groups in total. The maximum atomic E-state index is 13.3. The summed E-state index contributed by atoms with van der Waals surface area (Å²) in [5.41, 5.74) is 1.11. The molecule has 3 rings (SSSR count). The Labute approximate surface area is 120 Å². The predicted molar refractivity (Wildman–Crippen MR) is 76.4 cm³/mol. The Morgan fingerprint density at radius 2 is 2.30 bits per heavy atom. The SMILES string of the molecule is O=C(Cc1cccs1)N1CCC(O)c2cc(F)ccc21. The Kier molecular flexibility index (Phi) is 3.54. The van der Waals surface area contributed by atoms with Gasteiger partial charge in [-0.1, -0.05) is 6.07 Å². The fraction of sp³-hybridized carbons (Fsp3) is 0.267. The van der Waals surface area contributed by atoms with E-state index < -0.39 is 11.9 Å². The van der Waals surface area contributed by atoms with E-state index in [0.717, 1.165) is 4.88 Å². The minimum absolute atomic E-state index is 0.0211. The zero-order valence-corrected chi connectivity index (χ0v) is 11.6. The number of carbonyl (C=O) groups excluding carboxylic acids is 1. The van der Waals surface area contributed by atoms with Crippen molar-refractivity contribution in [3.05, 3.63) is 52.0 Å². The van der Waals surface area contributed by atoms with Gasteiger partial charge >= 0.3 is 0 Å². The highest BCUT2D eigenvalue weighted by molar-refractivity contribution is 7.10. The molecular weight excluding hydrogens is 277 g/mol. The summed E-state index contributed by atoms with van der Waals surface area (Å²) in [6.45, 7) is 0.462. The van der Waals surface area contributed by atoms with Gasteiger partial charge in [-0.15, -0.1) is 11.3 Å². The standard InChI is InChI=1S/C15H14FNO2S/c16-10-3-4-13-12(8-10)14(18)5-6-17(13)15(19)9-11-2-1-7-20-11/h1-4,7-8,14,18H,5-6,9H2. The molecule has 0 saturated heterocycles. The average molecular weight is 291 g/mol. The van der Waals surface area contributed by atoms with Crippen molar-refractivity contribution in [2.24, 2.45) is 0 Å². The minimum atomic E-state index is -0.702. The number of aliphatic hydroxyl groups is 1. The highest BCUT2D eigenvalue weighted by atomic mass is 32.1. The molecule has 104 valence electrons. The summed E-state index contributed by atoms with van der Waals surface area (Å²) < 4.78 is 13.3. The number of nitrogens with zero attached hydrogens (tertiary/aromatic N) is 1. The van der Waals surface area contributed by atoms with Crippen LogP contribution in [-0.2, 0) is 11.2 Å². The summed E-state index contributed by atoms with van der Waals surface area (Å²) in [5, 5.41) is 11.9. The van der Waals surface area contributed by atoms with Gasteiger partial charge in [0, 0.05) is 22.7 Å². The van der Waals surface area contributed by atoms with Gasteiger partial charge in [0.25, 0.3) is 0 Å². The molecule has 0 saturated carbocycles. The summed E-state index contributed by atoms with van der Waals surface area (Å²) in [7, 11) is 0. The van der Waals surface area contributed by atoms with Crippen LogP contribution in [-0.4, -0.2) is 17.6 Å². The van der Waals surface area contributed by atoms with Gasteiger partial charge in [0.1, 0.15) is 5.82 Å². The van der Waals surface area contributed by atoms with Crippen LogP contribution in [0, 0.1) is 5.82 Å². The molecule has 0 spiro atoms. The molecule has 0 aliphatic carbocycles. The molecule has 1 atom stereocenters. The Morgan fingerprint density at radius 3 is 3.05 bits per heavy atom. The molecule has 2 aromatic rings. The summed E-state index contributed by atoms with van der Waals surface area (Å²) in [6.07, 6.45) is 0.0727. The van der Waals surface area contributed by atoms with Gasteiger partial charge in [-0.2, -0.15) is 0 Å². The first-order chi connectivity index (χ1) is 9.65. The smallest absolute Gasteiger partial charge is 0.232 e. The first kappa shape index (κ1) is 13.3. The predicted octanol–water partition coefficient (Wildman–Crippen LogP) is 2.90. The number of fused-ring (bicyclic) bond motifs is 1. The van der Waals surface area contributed by atoms with Crippen LogP contribution in [0.25, 0.3) is 0 Å². The minimum Gasteiger partial charge on any atom is -0.388 e. The van der Waals surface area contributed by atoms with E-state index in [2.05, 4.69) is 0 Å². The molecule has 1 aromatic carbocycles. The molecule has 3 nitrogen and oxygen atoms in total. The number of benzene rings is 1. The van der Waals surface area contributed by atoms with E-state index in [9.17, 15) is 14.3 Å². The van der Waals surface area contributed by atoms with E-state index in [1.807, 2.05) is 17.5 Å². The van der Waals surface area contributed by atoms with Gasteiger partial charge < -0.3 is 10.0 Å². The average Bonchev–Trinajstić information content (AvgIpc) is 2.92. The molecule has 0 bridgehead atoms. The molecule has 1 amide bonds.